The first-order chi connectivity index (χ1) is 12.9. The van der Waals surface area contributed by atoms with Gasteiger partial charge in [-0.1, -0.05) is 35.9 Å². The van der Waals surface area contributed by atoms with E-state index < -0.39 is 37.1 Å². The minimum atomic E-state index is -1.45. The highest BCUT2D eigenvalue weighted by Gasteiger charge is 2.44. The topological polar surface area (TPSA) is 114 Å². The van der Waals surface area contributed by atoms with E-state index in [-0.39, 0.29) is 0 Å². The molecule has 5 atom stereocenters. The van der Waals surface area contributed by atoms with E-state index in [9.17, 15) is 25.7 Å². The van der Waals surface area contributed by atoms with Gasteiger partial charge in [-0.15, -0.1) is 0 Å². The third kappa shape index (κ3) is 4.14. The van der Waals surface area contributed by atoms with Crippen molar-refractivity contribution in [2.45, 2.75) is 36.9 Å². The Kier molecular flexibility index (Phi) is 6.12. The van der Waals surface area contributed by atoms with Crippen molar-refractivity contribution in [3.05, 3.63) is 69.7 Å². The van der Waals surface area contributed by atoms with Crippen molar-refractivity contribution in [2.24, 2.45) is 0 Å². The molecule has 0 amide bonds. The minimum absolute atomic E-state index is 0.478. The quantitative estimate of drug-likeness (QED) is 0.627. The zero-order valence-electron chi connectivity index (χ0n) is 14.4. The lowest BCUT2D eigenvalue weighted by atomic mass is 9.89. The molecule has 0 aromatic heterocycles. The SMILES string of the molecule is N#Cc1ccc(C2O[C@H](CO)[C@@H](O)[C@H](O)[C@H]2O)cc1Cc1ccc(Cl)cc1. The van der Waals surface area contributed by atoms with Crippen LogP contribution in [0.1, 0.15) is 28.4 Å². The molecule has 7 heteroatoms. The van der Waals surface area contributed by atoms with Crippen LogP contribution in [0.4, 0.5) is 0 Å². The van der Waals surface area contributed by atoms with Crippen LogP contribution in [0.15, 0.2) is 42.5 Å². The highest BCUT2D eigenvalue weighted by molar-refractivity contribution is 6.30. The van der Waals surface area contributed by atoms with E-state index in [1.54, 1.807) is 30.3 Å². The van der Waals surface area contributed by atoms with Gasteiger partial charge in [0.15, 0.2) is 0 Å². The number of aliphatic hydroxyl groups is 4. The van der Waals surface area contributed by atoms with Crippen molar-refractivity contribution in [1.29, 1.82) is 5.26 Å². The van der Waals surface area contributed by atoms with Crippen LogP contribution in [0.5, 0.6) is 0 Å². The summed E-state index contributed by atoms with van der Waals surface area (Å²) >= 11 is 5.91. The molecule has 1 saturated heterocycles. The summed E-state index contributed by atoms with van der Waals surface area (Å²) in [4.78, 5) is 0. The Morgan fingerprint density at radius 3 is 2.33 bits per heavy atom. The fourth-order valence-electron chi connectivity index (χ4n) is 3.25. The number of rotatable bonds is 4. The minimum Gasteiger partial charge on any atom is -0.394 e. The molecule has 1 fully saturated rings. The van der Waals surface area contributed by atoms with E-state index >= 15 is 0 Å². The molecule has 0 spiro atoms. The van der Waals surface area contributed by atoms with Crippen LogP contribution in [0.25, 0.3) is 0 Å². The average Bonchev–Trinajstić information content (AvgIpc) is 2.68. The van der Waals surface area contributed by atoms with Crippen LogP contribution in [-0.4, -0.2) is 51.4 Å². The zero-order valence-corrected chi connectivity index (χ0v) is 15.1. The third-order valence-electron chi connectivity index (χ3n) is 4.78. The van der Waals surface area contributed by atoms with Crippen LogP contribution in [0.3, 0.4) is 0 Å². The highest BCUT2D eigenvalue weighted by atomic mass is 35.5. The molecule has 1 heterocycles. The summed E-state index contributed by atoms with van der Waals surface area (Å²) in [5.41, 5.74) is 2.73. The largest absolute Gasteiger partial charge is 0.394 e. The van der Waals surface area contributed by atoms with E-state index in [2.05, 4.69) is 6.07 Å². The van der Waals surface area contributed by atoms with E-state index in [0.717, 1.165) is 11.1 Å². The number of halogens is 1. The van der Waals surface area contributed by atoms with Gasteiger partial charge < -0.3 is 25.2 Å². The first-order valence-corrected chi connectivity index (χ1v) is 8.90. The van der Waals surface area contributed by atoms with Crippen molar-refractivity contribution in [1.82, 2.24) is 0 Å². The molecular formula is C20H20ClNO5. The predicted molar refractivity (Wildman–Crippen MR) is 98.1 cm³/mol. The van der Waals surface area contributed by atoms with E-state index in [0.29, 0.717) is 22.6 Å². The molecule has 0 radical (unpaired) electrons. The van der Waals surface area contributed by atoms with Gasteiger partial charge in [0.1, 0.15) is 30.5 Å². The smallest absolute Gasteiger partial charge is 0.113 e. The van der Waals surface area contributed by atoms with Gasteiger partial charge in [-0.05, 0) is 41.3 Å². The Morgan fingerprint density at radius 2 is 1.70 bits per heavy atom. The zero-order chi connectivity index (χ0) is 19.6. The second-order valence-electron chi connectivity index (χ2n) is 6.58. The number of hydrogen-bond donors (Lipinski definition) is 4. The molecule has 2 aromatic carbocycles. The van der Waals surface area contributed by atoms with Crippen molar-refractivity contribution >= 4 is 11.6 Å². The maximum atomic E-state index is 10.3. The van der Waals surface area contributed by atoms with Crippen molar-refractivity contribution in [2.75, 3.05) is 6.61 Å². The molecular weight excluding hydrogens is 370 g/mol. The molecule has 142 valence electrons. The number of aliphatic hydroxyl groups excluding tert-OH is 4. The van der Waals surface area contributed by atoms with Crippen molar-refractivity contribution in [3.8, 4) is 6.07 Å². The standard InChI is InChI=1S/C20H20ClNO5/c21-15-5-1-11(2-6-15)7-14-8-12(3-4-13(14)9-22)20-19(26)18(25)17(24)16(10-23)27-20/h1-6,8,16-20,23-26H,7,10H2/t16-,17-,18+,19-,20?/m1/s1. The van der Waals surface area contributed by atoms with Crippen molar-refractivity contribution < 1.29 is 25.2 Å². The van der Waals surface area contributed by atoms with Gasteiger partial charge in [-0.2, -0.15) is 5.26 Å². The molecule has 0 saturated carbocycles. The number of nitrogens with zero attached hydrogens (tertiary/aromatic N) is 1. The molecule has 0 bridgehead atoms. The second kappa shape index (κ2) is 8.36. The fraction of sp³-hybridized carbons (Fsp3) is 0.350. The summed E-state index contributed by atoms with van der Waals surface area (Å²) < 4.78 is 5.60. The third-order valence-corrected chi connectivity index (χ3v) is 5.03. The highest BCUT2D eigenvalue weighted by Crippen LogP contribution is 2.33. The van der Waals surface area contributed by atoms with Gasteiger partial charge in [0.25, 0.3) is 0 Å². The Balaban J connectivity index is 1.92. The summed E-state index contributed by atoms with van der Waals surface area (Å²) in [6, 6.07) is 14.4. The number of nitriles is 1. The Labute approximate surface area is 161 Å². The van der Waals surface area contributed by atoms with Gasteiger partial charge in [-0.3, -0.25) is 0 Å². The van der Waals surface area contributed by atoms with Crippen LogP contribution in [0, 0.1) is 11.3 Å². The maximum absolute atomic E-state index is 10.3. The van der Waals surface area contributed by atoms with Crippen LogP contribution >= 0.6 is 11.6 Å². The molecule has 1 aliphatic rings. The van der Waals surface area contributed by atoms with Crippen molar-refractivity contribution in [3.63, 3.8) is 0 Å². The van der Waals surface area contributed by atoms with Gasteiger partial charge in [0, 0.05) is 5.02 Å². The fourth-order valence-corrected chi connectivity index (χ4v) is 3.37. The first-order valence-electron chi connectivity index (χ1n) is 8.52. The maximum Gasteiger partial charge on any atom is 0.113 e. The monoisotopic (exact) mass is 389 g/mol. The van der Waals surface area contributed by atoms with Gasteiger partial charge in [0.05, 0.1) is 18.2 Å². The summed E-state index contributed by atoms with van der Waals surface area (Å²) in [6.07, 6.45) is -5.66. The first kappa shape index (κ1) is 19.8. The van der Waals surface area contributed by atoms with Gasteiger partial charge >= 0.3 is 0 Å². The lowest BCUT2D eigenvalue weighted by Crippen LogP contribution is -2.55. The molecule has 1 aliphatic heterocycles. The van der Waals surface area contributed by atoms with Gasteiger partial charge in [0.2, 0.25) is 0 Å². The van der Waals surface area contributed by atoms with E-state index in [4.69, 9.17) is 16.3 Å². The molecule has 27 heavy (non-hydrogen) atoms. The number of benzene rings is 2. The lowest BCUT2D eigenvalue weighted by molar-refractivity contribution is -0.231. The van der Waals surface area contributed by atoms with Crippen LogP contribution in [-0.2, 0) is 11.2 Å². The van der Waals surface area contributed by atoms with E-state index in [1.807, 2.05) is 12.1 Å². The predicted octanol–water partition coefficient (Wildman–Crippen LogP) is 1.32. The molecule has 1 unspecified atom stereocenters. The molecule has 4 N–H and O–H groups in total. The summed E-state index contributed by atoms with van der Waals surface area (Å²) in [6.45, 7) is -0.491. The summed E-state index contributed by atoms with van der Waals surface area (Å²) in [5, 5.41) is 49.6. The summed E-state index contributed by atoms with van der Waals surface area (Å²) in [7, 11) is 0. The van der Waals surface area contributed by atoms with Crippen LogP contribution < -0.4 is 0 Å². The Hall–Kier alpha value is -1.98. The normalized spacial score (nSPS) is 27.9. The van der Waals surface area contributed by atoms with Gasteiger partial charge in [-0.25, -0.2) is 0 Å². The summed E-state index contributed by atoms with van der Waals surface area (Å²) in [5.74, 6) is 0. The Morgan fingerprint density at radius 1 is 1.00 bits per heavy atom. The molecule has 0 aliphatic carbocycles. The molecule has 2 aromatic rings. The number of ether oxygens (including phenoxy) is 1. The van der Waals surface area contributed by atoms with E-state index in [1.165, 1.54) is 0 Å². The number of hydrogen-bond acceptors (Lipinski definition) is 6. The van der Waals surface area contributed by atoms with Crippen LogP contribution in [0.2, 0.25) is 5.02 Å². The second-order valence-corrected chi connectivity index (χ2v) is 7.02. The molecule has 3 rings (SSSR count). The molecule has 6 nitrogen and oxygen atoms in total. The lowest BCUT2D eigenvalue weighted by Gasteiger charge is -2.40. The average molecular weight is 390 g/mol. The Bertz CT molecular complexity index is 833.